The first-order valence-corrected chi connectivity index (χ1v) is 8.49. The monoisotopic (exact) mass is 349 g/mol. The molecule has 26 heavy (non-hydrogen) atoms. The highest BCUT2D eigenvalue weighted by Crippen LogP contribution is 2.32. The number of methoxy groups -OCH3 is 2. The number of benzene rings is 2. The summed E-state index contributed by atoms with van der Waals surface area (Å²) in [5, 5.41) is 9.30. The quantitative estimate of drug-likeness (QED) is 0.594. The largest absolute Gasteiger partial charge is 0.493 e. The molecular weight excluding hydrogens is 328 g/mol. The van der Waals surface area contributed by atoms with Gasteiger partial charge in [0.15, 0.2) is 17.2 Å². The number of carbonyl (C=O) groups excluding carboxylic acids is 1. The van der Waals surface area contributed by atoms with Gasteiger partial charge in [0.05, 0.1) is 20.3 Å². The molecule has 0 N–H and O–H groups in total. The van der Waals surface area contributed by atoms with Crippen molar-refractivity contribution >= 4 is 11.5 Å². The van der Waals surface area contributed by atoms with Gasteiger partial charge in [0.1, 0.15) is 13.0 Å². The maximum Gasteiger partial charge on any atom is 0.227 e. The molecule has 5 nitrogen and oxygen atoms in total. The molecule has 5 heteroatoms. The zero-order valence-electron chi connectivity index (χ0n) is 15.0. The smallest absolute Gasteiger partial charge is 0.227 e. The molecule has 0 spiro atoms. The van der Waals surface area contributed by atoms with Gasteiger partial charge >= 0.3 is 0 Å². The van der Waals surface area contributed by atoms with Gasteiger partial charge in [-0.1, -0.05) is 30.3 Å². The minimum atomic E-state index is 0.0463. The van der Waals surface area contributed by atoms with Crippen LogP contribution in [0.1, 0.15) is 27.9 Å². The molecule has 0 fully saturated rings. The van der Waals surface area contributed by atoms with E-state index in [9.17, 15) is 10.1 Å². The van der Waals surface area contributed by atoms with E-state index in [1.165, 1.54) is 0 Å². The summed E-state index contributed by atoms with van der Waals surface area (Å²) in [6.07, 6.45) is 1.03. The number of fused-ring (bicyclic) bond motifs is 1. The molecule has 0 aliphatic carbocycles. The third-order valence-electron chi connectivity index (χ3n) is 4.63. The average molecular weight is 349 g/mol. The fourth-order valence-electron chi connectivity index (χ4n) is 3.30. The van der Waals surface area contributed by atoms with Crippen molar-refractivity contribution < 1.29 is 18.8 Å². The summed E-state index contributed by atoms with van der Waals surface area (Å²) in [5.41, 5.74) is 3.61. The van der Waals surface area contributed by atoms with Gasteiger partial charge in [0, 0.05) is 17.5 Å². The lowest BCUT2D eigenvalue weighted by atomic mass is 9.94. The summed E-state index contributed by atoms with van der Waals surface area (Å²) in [5.74, 6) is 1.35. The van der Waals surface area contributed by atoms with E-state index in [1.807, 2.05) is 47.0 Å². The lowest BCUT2D eigenvalue weighted by Gasteiger charge is -2.19. The minimum absolute atomic E-state index is 0.0463. The van der Waals surface area contributed by atoms with E-state index < -0.39 is 0 Å². The number of nitrogens with zero attached hydrogens (tertiary/aromatic N) is 2. The van der Waals surface area contributed by atoms with E-state index in [0.29, 0.717) is 23.6 Å². The van der Waals surface area contributed by atoms with Crippen molar-refractivity contribution in [3.05, 3.63) is 59.2 Å². The molecule has 2 aromatic carbocycles. The Morgan fingerprint density at radius 3 is 2.50 bits per heavy atom. The fourth-order valence-corrected chi connectivity index (χ4v) is 3.30. The predicted molar refractivity (Wildman–Crippen MR) is 98.4 cm³/mol. The van der Waals surface area contributed by atoms with Crippen molar-refractivity contribution in [3.63, 3.8) is 0 Å². The second-order valence-electron chi connectivity index (χ2n) is 6.11. The predicted octanol–water partition coefficient (Wildman–Crippen LogP) is 2.86. The molecule has 1 aliphatic heterocycles. The van der Waals surface area contributed by atoms with Crippen LogP contribution in [0.15, 0.2) is 42.5 Å². The van der Waals surface area contributed by atoms with Gasteiger partial charge in [-0.2, -0.15) is 5.26 Å². The van der Waals surface area contributed by atoms with Crippen LogP contribution in [0.2, 0.25) is 0 Å². The van der Waals surface area contributed by atoms with Crippen LogP contribution < -0.4 is 9.47 Å². The van der Waals surface area contributed by atoms with E-state index in [-0.39, 0.29) is 18.7 Å². The molecule has 1 heterocycles. The molecule has 1 aliphatic rings. The molecule has 0 bridgehead atoms. The number of nitriles is 1. The molecule has 2 aromatic rings. The van der Waals surface area contributed by atoms with Crippen LogP contribution in [-0.2, 0) is 6.42 Å². The van der Waals surface area contributed by atoms with Crippen molar-refractivity contribution in [2.24, 2.45) is 0 Å². The lowest BCUT2D eigenvalue weighted by molar-refractivity contribution is -0.516. The molecule has 0 amide bonds. The second-order valence-corrected chi connectivity index (χ2v) is 6.11. The standard InChI is InChI=1S/C21H21N2O3/c1-25-20-12-16-9-11-23(14-19(24)15-6-4-3-5-7-15)18(8-10-22)17(16)13-21(20)26-2/h3-7,12-13H,8-9,11,14H2,1-2H3/q+1. The van der Waals surface area contributed by atoms with Crippen molar-refractivity contribution in [2.45, 2.75) is 12.8 Å². The van der Waals surface area contributed by atoms with Crippen LogP contribution >= 0.6 is 0 Å². The number of Topliss-reactive ketones (excluding diaryl/α,β-unsaturated/α-hetero) is 1. The zero-order chi connectivity index (χ0) is 18.5. The Bertz CT molecular complexity index is 895. The first-order valence-electron chi connectivity index (χ1n) is 8.49. The van der Waals surface area contributed by atoms with E-state index in [1.54, 1.807) is 14.2 Å². The van der Waals surface area contributed by atoms with E-state index in [2.05, 4.69) is 6.07 Å². The highest BCUT2D eigenvalue weighted by Gasteiger charge is 2.29. The molecule has 0 unspecified atom stereocenters. The average Bonchev–Trinajstić information content (AvgIpc) is 2.69. The first kappa shape index (κ1) is 17.7. The Balaban J connectivity index is 2.01. The molecule has 0 saturated carbocycles. The minimum Gasteiger partial charge on any atom is -0.493 e. The molecule has 0 saturated heterocycles. The maximum absolute atomic E-state index is 12.6. The number of hydrogen-bond acceptors (Lipinski definition) is 4. The third-order valence-corrected chi connectivity index (χ3v) is 4.63. The summed E-state index contributed by atoms with van der Waals surface area (Å²) in [6.45, 7) is 0.951. The van der Waals surface area contributed by atoms with Crippen LogP contribution in [0.3, 0.4) is 0 Å². The van der Waals surface area contributed by atoms with Crippen LogP contribution in [0.25, 0.3) is 0 Å². The van der Waals surface area contributed by atoms with Crippen molar-refractivity contribution in [3.8, 4) is 17.6 Å². The first-order chi connectivity index (χ1) is 12.7. The topological polar surface area (TPSA) is 62.3 Å². The van der Waals surface area contributed by atoms with Gasteiger partial charge in [0.2, 0.25) is 12.3 Å². The van der Waals surface area contributed by atoms with Gasteiger partial charge in [-0.25, -0.2) is 4.58 Å². The molecule has 0 radical (unpaired) electrons. The Morgan fingerprint density at radius 2 is 1.85 bits per heavy atom. The number of ketones is 1. The van der Waals surface area contributed by atoms with Gasteiger partial charge in [-0.05, 0) is 17.7 Å². The van der Waals surface area contributed by atoms with E-state index in [4.69, 9.17) is 9.47 Å². The van der Waals surface area contributed by atoms with Crippen LogP contribution in [0.5, 0.6) is 11.5 Å². The number of carbonyl (C=O) groups is 1. The van der Waals surface area contributed by atoms with Gasteiger partial charge in [-0.3, -0.25) is 4.79 Å². The second kappa shape index (κ2) is 7.83. The summed E-state index contributed by atoms with van der Waals surface area (Å²) in [4.78, 5) is 12.6. The van der Waals surface area contributed by atoms with Gasteiger partial charge < -0.3 is 9.47 Å². The highest BCUT2D eigenvalue weighted by molar-refractivity contribution is 6.02. The summed E-state index contributed by atoms with van der Waals surface area (Å²) < 4.78 is 12.8. The maximum atomic E-state index is 12.6. The summed E-state index contributed by atoms with van der Waals surface area (Å²) in [6, 6.07) is 15.3. The fraction of sp³-hybridized carbons (Fsp3) is 0.286. The Morgan fingerprint density at radius 1 is 1.15 bits per heavy atom. The van der Waals surface area contributed by atoms with Crippen LogP contribution in [-0.4, -0.2) is 43.4 Å². The number of rotatable bonds is 6. The summed E-state index contributed by atoms with van der Waals surface area (Å²) >= 11 is 0. The zero-order valence-corrected chi connectivity index (χ0v) is 15.0. The molecule has 0 aromatic heterocycles. The number of hydrogen-bond donors (Lipinski definition) is 0. The normalized spacial score (nSPS) is 13.0. The van der Waals surface area contributed by atoms with Crippen molar-refractivity contribution in [1.29, 1.82) is 5.26 Å². The van der Waals surface area contributed by atoms with Crippen molar-refractivity contribution in [1.82, 2.24) is 0 Å². The molecule has 0 atom stereocenters. The SMILES string of the molecule is COc1cc2c(cc1OC)C(CC#N)=[N+](CC(=O)c1ccccc1)CC2. The Kier molecular flexibility index (Phi) is 5.33. The van der Waals surface area contributed by atoms with Gasteiger partial charge in [-0.15, -0.1) is 0 Å². The van der Waals surface area contributed by atoms with Crippen LogP contribution in [0.4, 0.5) is 0 Å². The van der Waals surface area contributed by atoms with E-state index >= 15 is 0 Å². The third kappa shape index (κ3) is 3.45. The molecule has 132 valence electrons. The van der Waals surface area contributed by atoms with Crippen molar-refractivity contribution in [2.75, 3.05) is 27.3 Å². The molecular formula is C21H21N2O3+. The number of ether oxygens (including phenoxy) is 2. The van der Waals surface area contributed by atoms with E-state index in [0.717, 1.165) is 23.3 Å². The van der Waals surface area contributed by atoms with Crippen LogP contribution in [0, 0.1) is 11.3 Å². The molecule has 3 rings (SSSR count). The Labute approximate surface area is 153 Å². The highest BCUT2D eigenvalue weighted by atomic mass is 16.5. The van der Waals surface area contributed by atoms with Gasteiger partial charge in [0.25, 0.3) is 0 Å². The Hall–Kier alpha value is -3.13. The lowest BCUT2D eigenvalue weighted by Crippen LogP contribution is -2.33. The summed E-state index contributed by atoms with van der Waals surface area (Å²) in [7, 11) is 3.20.